The molecule has 0 saturated heterocycles. The minimum Gasteiger partial charge on any atom is -0.493 e. The summed E-state index contributed by atoms with van der Waals surface area (Å²) in [6.45, 7) is 7.55. The molecule has 32 heavy (non-hydrogen) atoms. The average Bonchev–Trinajstić information content (AvgIpc) is 3.16. The highest BCUT2D eigenvalue weighted by Gasteiger charge is 2.49. The zero-order valence-corrected chi connectivity index (χ0v) is 19.9. The minimum absolute atomic E-state index is 0.00725. The van der Waals surface area contributed by atoms with E-state index in [0.29, 0.717) is 17.1 Å². The van der Waals surface area contributed by atoms with E-state index in [4.69, 9.17) is 9.47 Å². The molecule has 0 bridgehead atoms. The zero-order chi connectivity index (χ0) is 23.8. The molecule has 3 rings (SSSR count). The lowest BCUT2D eigenvalue weighted by molar-refractivity contribution is -0.133. The van der Waals surface area contributed by atoms with E-state index in [1.54, 1.807) is 48.5 Å². The van der Waals surface area contributed by atoms with Crippen molar-refractivity contribution in [2.45, 2.75) is 44.7 Å². The number of nitrogens with zero attached hydrogens (tertiary/aromatic N) is 1. The van der Waals surface area contributed by atoms with Crippen LogP contribution in [0.3, 0.4) is 0 Å². The highest BCUT2D eigenvalue weighted by atomic mass is 32.2. The van der Waals surface area contributed by atoms with E-state index in [1.165, 1.54) is 18.5 Å². The second-order valence-electron chi connectivity index (χ2n) is 8.90. The number of methoxy groups -OCH3 is 2. The molecule has 172 valence electrons. The molecule has 0 spiro atoms. The van der Waals surface area contributed by atoms with Crippen molar-refractivity contribution in [3.63, 3.8) is 0 Å². The number of carboxylic acid groups (broad SMARTS) is 1. The maximum Gasteiger partial charge on any atom is 0.333 e. The molecule has 2 unspecified atom stereocenters. The molecule has 2 aromatic rings. The Bertz CT molecular complexity index is 1150. The van der Waals surface area contributed by atoms with Crippen LogP contribution in [0.4, 0.5) is 0 Å². The molecule has 0 saturated carbocycles. The summed E-state index contributed by atoms with van der Waals surface area (Å²) in [5.74, 6) is -0.308. The Balaban J connectivity index is 2.26. The molecule has 1 aliphatic heterocycles. The molecule has 1 N–H and O–H groups in total. The second kappa shape index (κ2) is 8.60. The number of hydrogen-bond donors (Lipinski definition) is 1. The first-order chi connectivity index (χ1) is 14.9. The number of aryl methyl sites for hydroxylation is 1. The Morgan fingerprint density at radius 1 is 1.00 bits per heavy atom. The Kier molecular flexibility index (Phi) is 6.40. The van der Waals surface area contributed by atoms with Gasteiger partial charge in [0.1, 0.15) is 0 Å². The topological polar surface area (TPSA) is 93.1 Å². The SMILES string of the molecule is COc1ccc(C2C(C(=O)O)=CC(C(C)(C)C)N2S(=O)(=O)c2ccc(C)cc2)cc1OC. The third-order valence-corrected chi connectivity index (χ3v) is 7.48. The predicted molar refractivity (Wildman–Crippen MR) is 121 cm³/mol. The monoisotopic (exact) mass is 459 g/mol. The first-order valence-corrected chi connectivity index (χ1v) is 11.6. The summed E-state index contributed by atoms with van der Waals surface area (Å²) in [6.07, 6.45) is 1.55. The number of hydrogen-bond acceptors (Lipinski definition) is 5. The van der Waals surface area contributed by atoms with Gasteiger partial charge in [-0.3, -0.25) is 0 Å². The van der Waals surface area contributed by atoms with Gasteiger partial charge in [0.2, 0.25) is 10.0 Å². The molecule has 0 aliphatic carbocycles. The number of aliphatic carboxylic acids is 1. The number of sulfonamides is 1. The van der Waals surface area contributed by atoms with Gasteiger partial charge in [0, 0.05) is 6.04 Å². The lowest BCUT2D eigenvalue weighted by Gasteiger charge is -2.37. The molecular weight excluding hydrogens is 430 g/mol. The second-order valence-corrected chi connectivity index (χ2v) is 10.7. The number of carbonyl (C=O) groups is 1. The third kappa shape index (κ3) is 4.25. The normalized spacial score (nSPS) is 19.5. The zero-order valence-electron chi connectivity index (χ0n) is 19.1. The van der Waals surface area contributed by atoms with E-state index in [1.807, 2.05) is 27.7 Å². The van der Waals surface area contributed by atoms with Gasteiger partial charge in [0.15, 0.2) is 11.5 Å². The van der Waals surface area contributed by atoms with Gasteiger partial charge in [-0.25, -0.2) is 13.2 Å². The van der Waals surface area contributed by atoms with Crippen molar-refractivity contribution in [3.8, 4) is 11.5 Å². The summed E-state index contributed by atoms with van der Waals surface area (Å²) < 4.78 is 39.7. The van der Waals surface area contributed by atoms with E-state index < -0.39 is 33.5 Å². The van der Waals surface area contributed by atoms with Gasteiger partial charge in [0.25, 0.3) is 0 Å². The first kappa shape index (κ1) is 23.8. The Morgan fingerprint density at radius 3 is 2.09 bits per heavy atom. The van der Waals surface area contributed by atoms with Crippen molar-refractivity contribution >= 4 is 16.0 Å². The Morgan fingerprint density at radius 2 is 1.59 bits per heavy atom. The summed E-state index contributed by atoms with van der Waals surface area (Å²) >= 11 is 0. The van der Waals surface area contributed by atoms with Gasteiger partial charge >= 0.3 is 5.97 Å². The first-order valence-electron chi connectivity index (χ1n) is 10.2. The smallest absolute Gasteiger partial charge is 0.333 e. The summed E-state index contributed by atoms with van der Waals surface area (Å²) in [5.41, 5.74) is 0.870. The van der Waals surface area contributed by atoms with Crippen LogP contribution in [-0.4, -0.2) is 44.1 Å². The molecule has 0 radical (unpaired) electrons. The van der Waals surface area contributed by atoms with E-state index >= 15 is 0 Å². The standard InChI is InChI=1S/C24H29NO6S/c1-15-7-10-17(11-8-15)32(28,29)25-21(24(2,3)4)14-18(23(26)27)22(25)16-9-12-19(30-5)20(13-16)31-6/h7-14,21-22H,1-6H3,(H,26,27). The molecule has 8 heteroatoms. The van der Waals surface area contributed by atoms with Crippen LogP contribution >= 0.6 is 0 Å². The van der Waals surface area contributed by atoms with Crippen LogP contribution in [-0.2, 0) is 14.8 Å². The highest BCUT2D eigenvalue weighted by molar-refractivity contribution is 7.89. The number of ether oxygens (including phenoxy) is 2. The molecule has 2 atom stereocenters. The van der Waals surface area contributed by atoms with Crippen molar-refractivity contribution in [1.29, 1.82) is 0 Å². The van der Waals surface area contributed by atoms with Crippen molar-refractivity contribution in [1.82, 2.24) is 4.31 Å². The summed E-state index contributed by atoms with van der Waals surface area (Å²) in [6, 6.07) is 9.81. The lowest BCUT2D eigenvalue weighted by Crippen LogP contribution is -2.45. The summed E-state index contributed by atoms with van der Waals surface area (Å²) in [7, 11) is -1.07. The van der Waals surface area contributed by atoms with Crippen molar-refractivity contribution in [3.05, 3.63) is 65.2 Å². The summed E-state index contributed by atoms with van der Waals surface area (Å²) in [5, 5.41) is 10.0. The minimum atomic E-state index is -4.04. The lowest BCUT2D eigenvalue weighted by atomic mass is 9.87. The van der Waals surface area contributed by atoms with Crippen LogP contribution in [0.2, 0.25) is 0 Å². The molecule has 1 heterocycles. The quantitative estimate of drug-likeness (QED) is 0.697. The van der Waals surface area contributed by atoms with Crippen molar-refractivity contribution in [2.75, 3.05) is 14.2 Å². The average molecular weight is 460 g/mol. The molecule has 0 amide bonds. The number of benzene rings is 2. The number of rotatable bonds is 6. The van der Waals surface area contributed by atoms with Crippen LogP contribution < -0.4 is 9.47 Å². The molecule has 2 aromatic carbocycles. The largest absolute Gasteiger partial charge is 0.493 e. The molecule has 0 aromatic heterocycles. The van der Waals surface area contributed by atoms with E-state index in [9.17, 15) is 18.3 Å². The third-order valence-electron chi connectivity index (χ3n) is 5.61. The van der Waals surface area contributed by atoms with Crippen LogP contribution in [0.5, 0.6) is 11.5 Å². The fourth-order valence-electron chi connectivity index (χ4n) is 3.92. The molecule has 1 aliphatic rings. The van der Waals surface area contributed by atoms with Crippen molar-refractivity contribution < 1.29 is 27.8 Å². The highest BCUT2D eigenvalue weighted by Crippen LogP contribution is 2.47. The Hall–Kier alpha value is -2.84. The van der Waals surface area contributed by atoms with Crippen molar-refractivity contribution in [2.24, 2.45) is 5.41 Å². The van der Waals surface area contributed by atoms with Gasteiger partial charge in [-0.15, -0.1) is 0 Å². The molecule has 0 fully saturated rings. The summed E-state index contributed by atoms with van der Waals surface area (Å²) in [4.78, 5) is 12.4. The van der Waals surface area contributed by atoms with E-state index in [2.05, 4.69) is 0 Å². The van der Waals surface area contributed by atoms with E-state index in [-0.39, 0.29) is 10.5 Å². The van der Waals surface area contributed by atoms with Crippen LogP contribution in [0, 0.1) is 12.3 Å². The maximum atomic E-state index is 13.9. The number of carboxylic acids is 1. The predicted octanol–water partition coefficient (Wildman–Crippen LogP) is 4.18. The maximum absolute atomic E-state index is 13.9. The molecule has 7 nitrogen and oxygen atoms in total. The Labute approximate surface area is 189 Å². The fourth-order valence-corrected chi connectivity index (χ4v) is 5.83. The van der Waals surface area contributed by atoms with Gasteiger partial charge in [-0.05, 0) is 42.2 Å². The van der Waals surface area contributed by atoms with Crippen LogP contribution in [0.25, 0.3) is 0 Å². The van der Waals surface area contributed by atoms with Gasteiger partial charge in [-0.1, -0.05) is 50.6 Å². The fraction of sp³-hybridized carbons (Fsp3) is 0.375. The van der Waals surface area contributed by atoms with Crippen LogP contribution in [0.15, 0.2) is 59.0 Å². The molecular formula is C24H29NO6S. The van der Waals surface area contributed by atoms with Crippen LogP contribution in [0.1, 0.15) is 37.9 Å². The van der Waals surface area contributed by atoms with Gasteiger partial charge in [0.05, 0.1) is 30.7 Å². The van der Waals surface area contributed by atoms with Gasteiger partial charge in [-0.2, -0.15) is 4.31 Å². The van der Waals surface area contributed by atoms with Gasteiger partial charge < -0.3 is 14.6 Å². The van der Waals surface area contributed by atoms with E-state index in [0.717, 1.165) is 5.56 Å².